The van der Waals surface area contributed by atoms with E-state index in [2.05, 4.69) is 40.5 Å². The highest BCUT2D eigenvalue weighted by atomic mass is 79.9. The zero-order valence-electron chi connectivity index (χ0n) is 10.2. The molecule has 0 saturated carbocycles. The summed E-state index contributed by atoms with van der Waals surface area (Å²) in [6.45, 7) is 8.15. The van der Waals surface area contributed by atoms with Crippen molar-refractivity contribution < 1.29 is 4.74 Å². The predicted octanol–water partition coefficient (Wildman–Crippen LogP) is 3.86. The summed E-state index contributed by atoms with van der Waals surface area (Å²) < 4.78 is 5.45. The molecule has 1 aromatic carbocycles. The highest BCUT2D eigenvalue weighted by Crippen LogP contribution is 2.26. The highest BCUT2D eigenvalue weighted by Gasteiger charge is 2.15. The molecule has 2 rings (SSSR count). The molecule has 0 aliphatic carbocycles. The summed E-state index contributed by atoms with van der Waals surface area (Å²) in [5, 5.41) is 3.31. The maximum atomic E-state index is 5.45. The zero-order chi connectivity index (χ0) is 13.0. The van der Waals surface area contributed by atoms with Crippen LogP contribution in [-0.4, -0.2) is 11.4 Å². The van der Waals surface area contributed by atoms with Crippen molar-refractivity contribution in [2.24, 2.45) is 0 Å². The normalized spacial score (nSPS) is 18.8. The van der Waals surface area contributed by atoms with Crippen LogP contribution in [0.25, 0.3) is 5.70 Å². The van der Waals surface area contributed by atoms with E-state index in [0.717, 1.165) is 29.1 Å². The number of hydrogen-bond acceptors (Lipinski definition) is 2. The quantitative estimate of drug-likeness (QED) is 0.673. The molecule has 0 saturated heterocycles. The first-order valence-corrected chi connectivity index (χ1v) is 6.76. The van der Waals surface area contributed by atoms with E-state index in [1.165, 1.54) is 0 Å². The first-order valence-electron chi connectivity index (χ1n) is 5.85. The second-order valence-corrected chi connectivity index (χ2v) is 5.20. The summed E-state index contributed by atoms with van der Waals surface area (Å²) in [5.74, 6) is 0.854. The summed E-state index contributed by atoms with van der Waals surface area (Å²) >= 11 is 3.56. The molecule has 0 fully saturated rings. The van der Waals surface area contributed by atoms with Gasteiger partial charge in [0.25, 0.3) is 0 Å². The Kier molecular flexibility index (Phi) is 4.26. The van der Waals surface area contributed by atoms with Crippen molar-refractivity contribution in [1.82, 2.24) is 5.32 Å². The molecule has 3 heteroatoms. The van der Waals surface area contributed by atoms with Gasteiger partial charge in [-0.2, -0.15) is 0 Å². The lowest BCUT2D eigenvalue weighted by Gasteiger charge is -2.22. The minimum atomic E-state index is 0.316. The van der Waals surface area contributed by atoms with E-state index < -0.39 is 0 Å². The van der Waals surface area contributed by atoms with Crippen LogP contribution in [0.15, 0.2) is 55.3 Å². The fourth-order valence-corrected chi connectivity index (χ4v) is 2.04. The van der Waals surface area contributed by atoms with Crippen molar-refractivity contribution in [2.45, 2.75) is 11.2 Å². The zero-order valence-corrected chi connectivity index (χ0v) is 11.7. The molecule has 0 radical (unpaired) electrons. The molecule has 1 atom stereocenters. The molecular weight excluding hydrogens is 290 g/mol. The van der Waals surface area contributed by atoms with Gasteiger partial charge in [-0.25, -0.2) is 0 Å². The molecule has 1 heterocycles. The van der Waals surface area contributed by atoms with Crippen LogP contribution < -0.4 is 10.1 Å². The van der Waals surface area contributed by atoms with E-state index in [1.807, 2.05) is 24.3 Å². The van der Waals surface area contributed by atoms with Gasteiger partial charge in [0.2, 0.25) is 0 Å². The summed E-state index contributed by atoms with van der Waals surface area (Å²) in [7, 11) is 0. The third kappa shape index (κ3) is 3.05. The molecule has 0 bridgehead atoms. The maximum absolute atomic E-state index is 5.45. The predicted molar refractivity (Wildman–Crippen MR) is 79.7 cm³/mol. The van der Waals surface area contributed by atoms with E-state index in [9.17, 15) is 0 Å². The van der Waals surface area contributed by atoms with Gasteiger partial charge < -0.3 is 10.1 Å². The van der Waals surface area contributed by atoms with Crippen LogP contribution in [0.4, 0.5) is 0 Å². The molecule has 2 nitrogen and oxygen atoms in total. The van der Waals surface area contributed by atoms with Crippen LogP contribution in [-0.2, 0) is 0 Å². The molecule has 0 aromatic heterocycles. The van der Waals surface area contributed by atoms with Crippen LogP contribution in [0.1, 0.15) is 12.0 Å². The van der Waals surface area contributed by atoms with Crippen LogP contribution in [0.5, 0.6) is 5.75 Å². The Morgan fingerprint density at radius 1 is 1.39 bits per heavy atom. The largest absolute Gasteiger partial charge is 0.490 e. The number of benzene rings is 1. The topological polar surface area (TPSA) is 21.3 Å². The average molecular weight is 306 g/mol. The highest BCUT2D eigenvalue weighted by molar-refractivity contribution is 9.09. The second kappa shape index (κ2) is 5.91. The lowest BCUT2D eigenvalue weighted by Crippen LogP contribution is -2.22. The van der Waals surface area contributed by atoms with Crippen LogP contribution >= 0.6 is 15.9 Å². The van der Waals surface area contributed by atoms with Crippen molar-refractivity contribution >= 4 is 21.6 Å². The van der Waals surface area contributed by atoms with Gasteiger partial charge >= 0.3 is 0 Å². The number of halogens is 1. The van der Waals surface area contributed by atoms with Gasteiger partial charge in [-0.3, -0.25) is 0 Å². The number of allylic oxidation sites excluding steroid dienone is 2. The first kappa shape index (κ1) is 13.0. The Hall–Kier alpha value is -1.48. The van der Waals surface area contributed by atoms with Crippen molar-refractivity contribution in [2.75, 3.05) is 6.61 Å². The molecule has 1 unspecified atom stereocenters. The fourth-order valence-electron chi connectivity index (χ4n) is 1.74. The third-order valence-corrected chi connectivity index (χ3v) is 3.66. The maximum Gasteiger partial charge on any atom is 0.119 e. The van der Waals surface area contributed by atoms with Gasteiger partial charge in [0.15, 0.2) is 0 Å². The van der Waals surface area contributed by atoms with Gasteiger partial charge in [0.1, 0.15) is 12.4 Å². The van der Waals surface area contributed by atoms with E-state index in [0.29, 0.717) is 11.4 Å². The van der Waals surface area contributed by atoms with Crippen molar-refractivity contribution in [3.8, 4) is 5.75 Å². The molecule has 1 aliphatic heterocycles. The van der Waals surface area contributed by atoms with Gasteiger partial charge in [-0.1, -0.05) is 41.2 Å². The van der Waals surface area contributed by atoms with Gasteiger partial charge in [-0.05, 0) is 36.2 Å². The Balaban J connectivity index is 2.10. The molecule has 1 aliphatic rings. The van der Waals surface area contributed by atoms with Crippen LogP contribution in [0.3, 0.4) is 0 Å². The molecule has 0 spiro atoms. The summed E-state index contributed by atoms with van der Waals surface area (Å²) in [6, 6.07) is 8.01. The van der Waals surface area contributed by atoms with E-state index in [4.69, 9.17) is 4.74 Å². The fraction of sp³-hybridized carbons (Fsp3) is 0.200. The smallest absolute Gasteiger partial charge is 0.119 e. The summed E-state index contributed by atoms with van der Waals surface area (Å²) in [5.41, 5.74) is 3.24. The minimum Gasteiger partial charge on any atom is -0.490 e. The van der Waals surface area contributed by atoms with Crippen molar-refractivity contribution in [3.63, 3.8) is 0 Å². The van der Waals surface area contributed by atoms with Crippen molar-refractivity contribution in [1.29, 1.82) is 0 Å². The molecule has 1 N–H and O–H groups in total. The van der Waals surface area contributed by atoms with Crippen LogP contribution in [0.2, 0.25) is 0 Å². The summed E-state index contributed by atoms with van der Waals surface area (Å²) in [6.07, 6.45) is 4.86. The van der Waals surface area contributed by atoms with Crippen molar-refractivity contribution in [3.05, 3.63) is 60.8 Å². The Morgan fingerprint density at radius 3 is 2.72 bits per heavy atom. The average Bonchev–Trinajstić information content (AvgIpc) is 2.40. The van der Waals surface area contributed by atoms with E-state index in [1.54, 1.807) is 6.08 Å². The van der Waals surface area contributed by atoms with E-state index in [-0.39, 0.29) is 0 Å². The van der Waals surface area contributed by atoms with Gasteiger partial charge in [0.05, 0.1) is 4.83 Å². The summed E-state index contributed by atoms with van der Waals surface area (Å²) in [4.78, 5) is 0.316. The molecule has 18 heavy (non-hydrogen) atoms. The number of alkyl halides is 1. The van der Waals surface area contributed by atoms with Crippen LogP contribution in [0, 0.1) is 0 Å². The SMILES string of the molecule is C=CCOc1ccc(C2=CCC(Br)C(=C)N2)cc1. The second-order valence-electron chi connectivity index (χ2n) is 4.10. The molecule has 94 valence electrons. The van der Waals surface area contributed by atoms with Gasteiger partial charge in [0, 0.05) is 11.4 Å². The Labute approximate surface area is 116 Å². The Morgan fingerprint density at radius 2 is 2.11 bits per heavy atom. The van der Waals surface area contributed by atoms with E-state index >= 15 is 0 Å². The number of ether oxygens (including phenoxy) is 1. The minimum absolute atomic E-state index is 0.316. The monoisotopic (exact) mass is 305 g/mol. The number of rotatable bonds is 4. The lowest BCUT2D eigenvalue weighted by atomic mass is 10.1. The molecular formula is C15H16BrNO. The number of nitrogens with one attached hydrogen (secondary N) is 1. The Bertz CT molecular complexity index is 476. The number of hydrogen-bond donors (Lipinski definition) is 1. The standard InChI is InChI=1S/C15H16BrNO/c1-3-10-18-13-6-4-12(5-7-13)15-9-8-14(16)11(2)17-15/h3-7,9,14,17H,1-2,8,10H2. The first-order chi connectivity index (χ1) is 8.70. The third-order valence-electron chi connectivity index (χ3n) is 2.74. The molecule has 0 amide bonds. The van der Waals surface area contributed by atoms with Gasteiger partial charge in [-0.15, -0.1) is 0 Å². The lowest BCUT2D eigenvalue weighted by molar-refractivity contribution is 0.363. The molecule has 1 aromatic rings.